The van der Waals surface area contributed by atoms with Crippen LogP contribution >= 0.6 is 11.3 Å². The van der Waals surface area contributed by atoms with Crippen LogP contribution in [0, 0.1) is 6.92 Å². The highest BCUT2D eigenvalue weighted by molar-refractivity contribution is 7.84. The van der Waals surface area contributed by atoms with Crippen LogP contribution in [0.3, 0.4) is 0 Å². The molecule has 8 N–H and O–H groups in total. The number of carboxylic acids is 1. The normalized spacial score (nSPS) is 21.8. The van der Waals surface area contributed by atoms with E-state index in [1.54, 1.807) is 31.2 Å². The molecule has 4 rings (SSSR count). The van der Waals surface area contributed by atoms with Crippen molar-refractivity contribution in [2.45, 2.75) is 50.9 Å². The summed E-state index contributed by atoms with van der Waals surface area (Å²) in [6, 6.07) is 4.20. The van der Waals surface area contributed by atoms with Gasteiger partial charge in [0.15, 0.2) is 10.8 Å². The van der Waals surface area contributed by atoms with Crippen LogP contribution in [0.4, 0.5) is 5.13 Å². The Morgan fingerprint density at radius 2 is 2.02 bits per heavy atom. The molecule has 17 nitrogen and oxygen atoms in total. The lowest BCUT2D eigenvalue weighted by Crippen LogP contribution is -2.71. The highest BCUT2D eigenvalue weighted by Gasteiger charge is 2.51. The zero-order valence-electron chi connectivity index (χ0n) is 23.7. The Bertz CT molecular complexity index is 1570. The van der Waals surface area contributed by atoms with E-state index in [1.807, 2.05) is 0 Å². The largest absolute Gasteiger partial charge is 0.489 e. The number of nitrogens with two attached hydrogens (primary N) is 2. The van der Waals surface area contributed by atoms with E-state index in [2.05, 4.69) is 25.8 Å². The van der Waals surface area contributed by atoms with Gasteiger partial charge in [-0.2, -0.15) is 8.42 Å². The number of benzene rings is 1. The van der Waals surface area contributed by atoms with Gasteiger partial charge in [0.2, 0.25) is 0 Å². The number of carboxylic acid groups (broad SMARTS) is 1. The first-order valence-electron chi connectivity index (χ1n) is 13.3. The molecule has 4 atom stereocenters. The number of nitrogens with one attached hydrogen (secondary N) is 2. The highest BCUT2D eigenvalue weighted by atomic mass is 32.2. The number of aromatic nitrogens is 1. The molecule has 2 aliphatic rings. The van der Waals surface area contributed by atoms with E-state index in [9.17, 15) is 32.5 Å². The Kier molecular flexibility index (Phi) is 10.0. The summed E-state index contributed by atoms with van der Waals surface area (Å²) >= 11 is 1.02. The van der Waals surface area contributed by atoms with E-state index < -0.39 is 58.6 Å². The summed E-state index contributed by atoms with van der Waals surface area (Å²) in [7, 11) is -4.83. The second kappa shape index (κ2) is 13.5. The Balaban J connectivity index is 1.45. The quantitative estimate of drug-likeness (QED) is 0.0543. The van der Waals surface area contributed by atoms with Gasteiger partial charge >= 0.3 is 16.3 Å². The van der Waals surface area contributed by atoms with Gasteiger partial charge in [0.05, 0.1) is 12.1 Å². The summed E-state index contributed by atoms with van der Waals surface area (Å²) in [5, 5.41) is 19.1. The number of nitrogen functional groups attached to an aromatic ring is 1. The van der Waals surface area contributed by atoms with Gasteiger partial charge in [-0.15, -0.1) is 11.3 Å². The first-order chi connectivity index (χ1) is 20.8. The maximum Gasteiger partial charge on any atom is 0.362 e. The molecule has 2 aromatic rings. The van der Waals surface area contributed by atoms with Crippen LogP contribution in [0.1, 0.15) is 35.9 Å². The van der Waals surface area contributed by atoms with E-state index in [0.717, 1.165) is 37.3 Å². The van der Waals surface area contributed by atoms with Gasteiger partial charge in [-0.25, -0.2) is 14.1 Å². The van der Waals surface area contributed by atoms with Gasteiger partial charge in [0, 0.05) is 17.0 Å². The summed E-state index contributed by atoms with van der Waals surface area (Å²) in [6.07, 6.45) is 0.277. The molecule has 1 aromatic carbocycles. The number of carbonyl (C=O) groups excluding carboxylic acids is 2. The molecular weight excluding hydrogens is 620 g/mol. The number of aliphatic carboxylic acids is 1. The lowest BCUT2D eigenvalue weighted by atomic mass is 10.0. The van der Waals surface area contributed by atoms with Crippen LogP contribution in [0.2, 0.25) is 0 Å². The summed E-state index contributed by atoms with van der Waals surface area (Å²) in [5.41, 5.74) is 12.0. The van der Waals surface area contributed by atoms with E-state index in [-0.39, 0.29) is 21.2 Å². The van der Waals surface area contributed by atoms with E-state index in [1.165, 1.54) is 6.92 Å². The molecule has 1 unspecified atom stereocenters. The maximum absolute atomic E-state index is 13.1. The van der Waals surface area contributed by atoms with Crippen molar-refractivity contribution in [2.75, 3.05) is 25.4 Å². The zero-order chi connectivity index (χ0) is 32.2. The third kappa shape index (κ3) is 7.59. The summed E-state index contributed by atoms with van der Waals surface area (Å²) < 4.78 is 37.8. The Hall–Kier alpha value is -4.33. The lowest BCUT2D eigenvalue weighted by Gasteiger charge is -2.42. The molecule has 238 valence electrons. The first-order valence-corrected chi connectivity index (χ1v) is 15.6. The molecule has 0 aliphatic carbocycles. The minimum atomic E-state index is -4.83. The smallest absolute Gasteiger partial charge is 0.362 e. The molecule has 19 heteroatoms. The standard InChI is InChI=1S/C25H32N8O9S2/c1-12-18(23(35)33(12)44(38,39)40)30-22(34)20(19-13(2)43-25(27)31-19)32-42-17(24(36)37)11-41-16-7-5-14(6-8-16)21(26)29-15-4-3-9-28-10-15/h5-8,12,15,17-18,28H,3-4,9-11H2,1-2H3,(H2,26,29)(H2,27,31)(H,30,34)(H,36,37)(H,38,39,40)/b32-20-/t12-,15-,17?,18+/m1/s1. The van der Waals surface area contributed by atoms with Crippen LogP contribution in [0.25, 0.3) is 0 Å². The molecular formula is C25H32N8O9S2. The minimum absolute atomic E-state index is 0.0417. The Labute approximate surface area is 256 Å². The molecule has 2 amide bonds. The molecule has 0 radical (unpaired) electrons. The Morgan fingerprint density at radius 3 is 2.57 bits per heavy atom. The molecule has 2 saturated heterocycles. The fourth-order valence-electron chi connectivity index (χ4n) is 4.51. The topological polar surface area (TPSA) is 261 Å². The van der Waals surface area contributed by atoms with Crippen molar-refractivity contribution in [1.82, 2.24) is 19.9 Å². The number of anilines is 1. The van der Waals surface area contributed by atoms with Crippen molar-refractivity contribution in [1.29, 1.82) is 0 Å². The van der Waals surface area contributed by atoms with Gasteiger partial charge in [-0.1, -0.05) is 5.16 Å². The second-order valence-electron chi connectivity index (χ2n) is 9.98. The number of β-lactam (4-membered cyclic amide) rings is 1. The third-order valence-corrected chi connectivity index (χ3v) is 8.62. The highest BCUT2D eigenvalue weighted by Crippen LogP contribution is 2.24. The average Bonchev–Trinajstić information content (AvgIpc) is 3.30. The van der Waals surface area contributed by atoms with Gasteiger partial charge in [-0.05, 0) is 57.5 Å². The molecule has 2 aliphatic heterocycles. The molecule has 44 heavy (non-hydrogen) atoms. The minimum Gasteiger partial charge on any atom is -0.489 e. The fourth-order valence-corrected chi connectivity index (χ4v) is 6.09. The maximum atomic E-state index is 13.1. The summed E-state index contributed by atoms with van der Waals surface area (Å²) in [4.78, 5) is 51.5. The zero-order valence-corrected chi connectivity index (χ0v) is 25.3. The van der Waals surface area contributed by atoms with Crippen molar-refractivity contribution in [2.24, 2.45) is 15.9 Å². The van der Waals surface area contributed by atoms with Crippen molar-refractivity contribution in [3.63, 3.8) is 0 Å². The van der Waals surface area contributed by atoms with E-state index in [0.29, 0.717) is 22.0 Å². The van der Waals surface area contributed by atoms with E-state index in [4.69, 9.17) is 21.0 Å². The number of ether oxygens (including phenoxy) is 1. The monoisotopic (exact) mass is 652 g/mol. The molecule has 3 heterocycles. The summed E-state index contributed by atoms with van der Waals surface area (Å²) in [5.74, 6) is -2.88. The predicted molar refractivity (Wildman–Crippen MR) is 159 cm³/mol. The van der Waals surface area contributed by atoms with Gasteiger partial charge in [0.25, 0.3) is 17.9 Å². The molecule has 0 saturated carbocycles. The third-order valence-electron chi connectivity index (χ3n) is 6.81. The number of oxime groups is 1. The molecule has 2 fully saturated rings. The van der Waals surface area contributed by atoms with Crippen LogP contribution in [-0.2, 0) is 29.5 Å². The van der Waals surface area contributed by atoms with Crippen LogP contribution in [0.15, 0.2) is 34.4 Å². The number of hydrogen-bond acceptors (Lipinski definition) is 13. The number of nitrogens with zero attached hydrogens (tertiary/aromatic N) is 4. The number of piperidine rings is 1. The number of amidine groups is 1. The number of aryl methyl sites for hydroxylation is 1. The van der Waals surface area contributed by atoms with Gasteiger partial charge in [0.1, 0.15) is 29.9 Å². The van der Waals surface area contributed by atoms with Crippen molar-refractivity contribution >= 4 is 56.1 Å². The average molecular weight is 653 g/mol. The number of carbonyl (C=O) groups is 3. The van der Waals surface area contributed by atoms with Gasteiger partial charge < -0.3 is 36.8 Å². The SMILES string of the molecule is Cc1sc(N)nc1/C(=N/OC(COc1ccc(C(N)=N[C@@H]2CCCNC2)cc1)C(=O)O)C(=O)N[C@@H]1C(=O)N(S(=O)(=O)O)[C@@H]1C. The van der Waals surface area contributed by atoms with Crippen LogP contribution in [-0.4, -0.2) is 101 Å². The predicted octanol–water partition coefficient (Wildman–Crippen LogP) is -0.738. The van der Waals surface area contributed by atoms with Crippen LogP contribution in [0.5, 0.6) is 5.75 Å². The number of hydrogen-bond donors (Lipinski definition) is 6. The van der Waals surface area contributed by atoms with Crippen molar-refractivity contribution in [3.05, 3.63) is 40.4 Å². The molecule has 0 spiro atoms. The van der Waals surface area contributed by atoms with Crippen molar-refractivity contribution < 1.29 is 42.0 Å². The van der Waals surface area contributed by atoms with Gasteiger partial charge in [-0.3, -0.25) is 19.1 Å². The lowest BCUT2D eigenvalue weighted by molar-refractivity contribution is -0.152. The number of amides is 2. The summed E-state index contributed by atoms with van der Waals surface area (Å²) in [6.45, 7) is 4.07. The number of aliphatic imine (C=N–C) groups is 1. The molecule has 0 bridgehead atoms. The fraction of sp³-hybridized carbons (Fsp3) is 0.440. The first kappa shape index (κ1) is 32.6. The van der Waals surface area contributed by atoms with Crippen LogP contribution < -0.4 is 26.8 Å². The molecule has 1 aromatic heterocycles. The number of rotatable bonds is 12. The number of thiazole rings is 1. The van der Waals surface area contributed by atoms with Crippen molar-refractivity contribution in [3.8, 4) is 5.75 Å². The second-order valence-corrected chi connectivity index (χ2v) is 12.5. The Morgan fingerprint density at radius 1 is 1.32 bits per heavy atom. The van der Waals surface area contributed by atoms with E-state index >= 15 is 0 Å².